The van der Waals surface area contributed by atoms with Crippen molar-refractivity contribution in [2.24, 2.45) is 0 Å². The maximum Gasteiger partial charge on any atom is 0.312 e. The molecule has 1 aromatic heterocycles. The van der Waals surface area contributed by atoms with Gasteiger partial charge in [0.2, 0.25) is 6.33 Å². The van der Waals surface area contributed by atoms with E-state index in [1.807, 2.05) is 18.2 Å². The Kier molecular flexibility index (Phi) is 1.96. The van der Waals surface area contributed by atoms with Crippen LogP contribution in [0, 0.1) is 12.4 Å². The van der Waals surface area contributed by atoms with Gasteiger partial charge in [0.1, 0.15) is 0 Å². The van der Waals surface area contributed by atoms with Crippen LogP contribution < -0.4 is 0 Å². The van der Waals surface area contributed by atoms with E-state index < -0.39 is 6.08 Å². The van der Waals surface area contributed by atoms with Gasteiger partial charge in [-0.3, -0.25) is 0 Å². The number of nitrogens with zero attached hydrogens (tertiary/aromatic N) is 3. The molecule has 0 N–H and O–H groups in total. The minimum Gasteiger partial charge on any atom is -0.205 e. The van der Waals surface area contributed by atoms with Crippen molar-refractivity contribution in [1.29, 1.82) is 0 Å². The number of halogens is 1. The Hall–Kier alpha value is -1.84. The standard InChI is InChI=1S/C9H5FN3/c10-9-12-6-11-8(13-9)7-4-2-1-3-5-7/h1-5H. The lowest BCUT2D eigenvalue weighted by Crippen LogP contribution is -1.94. The van der Waals surface area contributed by atoms with Crippen LogP contribution in [0.1, 0.15) is 0 Å². The van der Waals surface area contributed by atoms with Gasteiger partial charge in [-0.2, -0.15) is 14.4 Å². The first-order valence-corrected chi connectivity index (χ1v) is 3.69. The summed E-state index contributed by atoms with van der Waals surface area (Å²) in [5.41, 5.74) is 0.750. The minimum atomic E-state index is -0.811. The van der Waals surface area contributed by atoms with Crippen LogP contribution in [0.5, 0.6) is 0 Å². The molecule has 0 aliphatic rings. The van der Waals surface area contributed by atoms with Gasteiger partial charge in [-0.1, -0.05) is 30.3 Å². The fourth-order valence-electron chi connectivity index (χ4n) is 0.967. The normalized spacial score (nSPS) is 9.92. The molecule has 0 atom stereocenters. The fourth-order valence-corrected chi connectivity index (χ4v) is 0.967. The number of hydrogen-bond donors (Lipinski definition) is 0. The zero-order valence-electron chi connectivity index (χ0n) is 6.61. The lowest BCUT2D eigenvalue weighted by atomic mass is 10.2. The number of aromatic nitrogens is 3. The van der Waals surface area contributed by atoms with Crippen molar-refractivity contribution in [3.63, 3.8) is 0 Å². The molecule has 0 spiro atoms. The second-order valence-electron chi connectivity index (χ2n) is 2.39. The van der Waals surface area contributed by atoms with Gasteiger partial charge in [0.05, 0.1) is 0 Å². The van der Waals surface area contributed by atoms with Crippen LogP contribution in [0.2, 0.25) is 0 Å². The SMILES string of the molecule is Fc1n[c]nc(-c2ccccc2)n1. The van der Waals surface area contributed by atoms with Gasteiger partial charge < -0.3 is 0 Å². The highest BCUT2D eigenvalue weighted by molar-refractivity contribution is 5.53. The summed E-state index contributed by atoms with van der Waals surface area (Å²) in [6, 6.07) is 9.12. The minimum absolute atomic E-state index is 0.299. The van der Waals surface area contributed by atoms with E-state index in [0.29, 0.717) is 5.82 Å². The number of hydrogen-bond acceptors (Lipinski definition) is 3. The molecule has 0 saturated heterocycles. The molecule has 0 unspecified atom stereocenters. The van der Waals surface area contributed by atoms with Crippen LogP contribution >= 0.6 is 0 Å². The summed E-state index contributed by atoms with van der Waals surface area (Å²) in [4.78, 5) is 10.4. The Morgan fingerprint density at radius 1 is 1.08 bits per heavy atom. The molecule has 63 valence electrons. The molecule has 13 heavy (non-hydrogen) atoms. The van der Waals surface area contributed by atoms with Crippen molar-refractivity contribution in [2.45, 2.75) is 0 Å². The molecule has 1 aromatic carbocycles. The Balaban J connectivity index is 2.48. The highest BCUT2D eigenvalue weighted by atomic mass is 19.1. The van der Waals surface area contributed by atoms with Crippen LogP contribution in [-0.4, -0.2) is 15.0 Å². The van der Waals surface area contributed by atoms with E-state index in [9.17, 15) is 4.39 Å². The monoisotopic (exact) mass is 174 g/mol. The average molecular weight is 174 g/mol. The quantitative estimate of drug-likeness (QED) is 0.657. The van der Waals surface area contributed by atoms with Crippen molar-refractivity contribution in [3.05, 3.63) is 42.7 Å². The topological polar surface area (TPSA) is 38.7 Å². The molecule has 0 amide bonds. The van der Waals surface area contributed by atoms with Crippen molar-refractivity contribution in [3.8, 4) is 11.4 Å². The maximum absolute atomic E-state index is 12.6. The third kappa shape index (κ3) is 1.66. The molecule has 0 fully saturated rings. The van der Waals surface area contributed by atoms with Crippen LogP contribution in [0.15, 0.2) is 30.3 Å². The van der Waals surface area contributed by atoms with Crippen molar-refractivity contribution < 1.29 is 4.39 Å². The molecule has 1 heterocycles. The van der Waals surface area contributed by atoms with E-state index in [1.165, 1.54) is 0 Å². The second-order valence-corrected chi connectivity index (χ2v) is 2.39. The number of benzene rings is 1. The van der Waals surface area contributed by atoms with Crippen molar-refractivity contribution >= 4 is 0 Å². The van der Waals surface area contributed by atoms with E-state index in [1.54, 1.807) is 12.1 Å². The van der Waals surface area contributed by atoms with Gasteiger partial charge in [-0.15, -0.1) is 0 Å². The summed E-state index contributed by atoms with van der Waals surface area (Å²) in [6.07, 6.45) is 1.38. The van der Waals surface area contributed by atoms with Gasteiger partial charge in [0.15, 0.2) is 5.82 Å². The van der Waals surface area contributed by atoms with Crippen LogP contribution in [0.4, 0.5) is 4.39 Å². The van der Waals surface area contributed by atoms with Crippen molar-refractivity contribution in [2.75, 3.05) is 0 Å². The zero-order chi connectivity index (χ0) is 9.10. The second kappa shape index (κ2) is 3.26. The molecule has 2 aromatic rings. The van der Waals surface area contributed by atoms with E-state index in [-0.39, 0.29) is 0 Å². The zero-order valence-corrected chi connectivity index (χ0v) is 6.61. The predicted octanol–water partition coefficient (Wildman–Crippen LogP) is 1.48. The first-order valence-electron chi connectivity index (χ1n) is 3.69. The lowest BCUT2D eigenvalue weighted by Gasteiger charge is -1.96. The number of rotatable bonds is 1. The molecule has 0 saturated carbocycles. The van der Waals surface area contributed by atoms with Crippen molar-refractivity contribution in [1.82, 2.24) is 15.0 Å². The Morgan fingerprint density at radius 3 is 2.54 bits per heavy atom. The summed E-state index contributed by atoms with van der Waals surface area (Å²) in [6.45, 7) is 0. The fraction of sp³-hybridized carbons (Fsp3) is 0. The molecule has 3 nitrogen and oxygen atoms in total. The molecule has 1 radical (unpaired) electrons. The highest BCUT2D eigenvalue weighted by Crippen LogP contribution is 2.11. The molecule has 0 bridgehead atoms. The Morgan fingerprint density at radius 2 is 1.85 bits per heavy atom. The molecular weight excluding hydrogens is 169 g/mol. The third-order valence-corrected chi connectivity index (χ3v) is 1.53. The molecular formula is C9H5FN3. The summed E-state index contributed by atoms with van der Waals surface area (Å²) in [5, 5.41) is 0. The van der Waals surface area contributed by atoms with Gasteiger partial charge >= 0.3 is 6.08 Å². The van der Waals surface area contributed by atoms with Crippen LogP contribution in [0.25, 0.3) is 11.4 Å². The van der Waals surface area contributed by atoms with E-state index in [4.69, 9.17) is 0 Å². The summed E-state index contributed by atoms with van der Waals surface area (Å²) in [7, 11) is 0. The van der Waals surface area contributed by atoms with E-state index in [2.05, 4.69) is 21.3 Å². The summed E-state index contributed by atoms with van der Waals surface area (Å²) in [5.74, 6) is 0.299. The van der Waals surface area contributed by atoms with Gasteiger partial charge in [0, 0.05) is 5.56 Å². The largest absolute Gasteiger partial charge is 0.312 e. The van der Waals surface area contributed by atoms with E-state index >= 15 is 0 Å². The average Bonchev–Trinajstić information content (AvgIpc) is 2.19. The van der Waals surface area contributed by atoms with Crippen LogP contribution in [-0.2, 0) is 0 Å². The molecule has 0 aliphatic carbocycles. The smallest absolute Gasteiger partial charge is 0.205 e. The maximum atomic E-state index is 12.6. The molecule has 2 rings (SSSR count). The Bertz CT molecular complexity index is 403. The molecule has 0 aliphatic heterocycles. The first-order chi connectivity index (χ1) is 6.36. The van der Waals surface area contributed by atoms with Gasteiger partial charge in [0.25, 0.3) is 0 Å². The highest BCUT2D eigenvalue weighted by Gasteiger charge is 2.01. The van der Waals surface area contributed by atoms with Gasteiger partial charge in [-0.05, 0) is 0 Å². The lowest BCUT2D eigenvalue weighted by molar-refractivity contribution is 0.533. The van der Waals surface area contributed by atoms with Gasteiger partial charge in [-0.25, -0.2) is 4.98 Å². The Labute approximate surface area is 74.3 Å². The molecule has 4 heteroatoms. The van der Waals surface area contributed by atoms with Crippen LogP contribution in [0.3, 0.4) is 0 Å². The first kappa shape index (κ1) is 7.79. The predicted molar refractivity (Wildman–Crippen MR) is 44.1 cm³/mol. The summed E-state index contributed by atoms with van der Waals surface area (Å²) < 4.78 is 12.6. The third-order valence-electron chi connectivity index (χ3n) is 1.53. The van der Waals surface area contributed by atoms with E-state index in [0.717, 1.165) is 5.56 Å². The summed E-state index contributed by atoms with van der Waals surface area (Å²) >= 11 is 0.